The van der Waals surface area contributed by atoms with Crippen molar-refractivity contribution in [1.82, 2.24) is 15.5 Å². The number of carbonyl (C=O) groups is 5. The fourth-order valence-corrected chi connectivity index (χ4v) is 3.89. The number of nitrogens with one attached hydrogen (secondary N) is 2. The molecular weight excluding hydrogens is 482 g/mol. The second kappa shape index (κ2) is 13.1. The third-order valence-corrected chi connectivity index (χ3v) is 5.94. The molecule has 1 fully saturated rings. The number of hydrogen-bond acceptors (Lipinski definition) is 7. The number of rotatable bonds is 10. The van der Waals surface area contributed by atoms with Gasteiger partial charge in [0.1, 0.15) is 23.8 Å². The Hall–Kier alpha value is -3.63. The minimum atomic E-state index is -1.23. The number of alkyl carbamates (subject to hydrolysis) is 1. The molecule has 1 aliphatic heterocycles. The van der Waals surface area contributed by atoms with Crippen LogP contribution in [-0.2, 0) is 35.1 Å². The molecule has 3 N–H and O–H groups in total. The summed E-state index contributed by atoms with van der Waals surface area (Å²) in [5, 5.41) is 14.6. The van der Waals surface area contributed by atoms with E-state index < -0.39 is 60.2 Å². The van der Waals surface area contributed by atoms with Gasteiger partial charge in [0.15, 0.2) is 0 Å². The topological polar surface area (TPSA) is 151 Å². The first-order chi connectivity index (χ1) is 17.3. The molecule has 2 rings (SSSR count). The summed E-state index contributed by atoms with van der Waals surface area (Å²) in [5.74, 6) is -3.24. The second-order valence-corrected chi connectivity index (χ2v) is 10.1. The highest BCUT2D eigenvalue weighted by molar-refractivity contribution is 5.91. The zero-order valence-corrected chi connectivity index (χ0v) is 22.0. The molecule has 1 heterocycles. The zero-order valence-electron chi connectivity index (χ0n) is 22.0. The van der Waals surface area contributed by atoms with E-state index in [1.54, 1.807) is 52.0 Å². The third-order valence-electron chi connectivity index (χ3n) is 5.94. The average molecular weight is 520 g/mol. The Kier molecular flexibility index (Phi) is 10.5. The van der Waals surface area contributed by atoms with Gasteiger partial charge in [0.2, 0.25) is 11.8 Å². The molecule has 37 heavy (non-hydrogen) atoms. The lowest BCUT2D eigenvalue weighted by atomic mass is 9.98. The molecule has 0 bridgehead atoms. The summed E-state index contributed by atoms with van der Waals surface area (Å²) in [6, 6.07) is 6.82. The van der Waals surface area contributed by atoms with Crippen LogP contribution in [0.1, 0.15) is 53.0 Å². The van der Waals surface area contributed by atoms with Crippen molar-refractivity contribution < 1.29 is 38.6 Å². The molecule has 0 aromatic heterocycles. The molecule has 4 atom stereocenters. The number of hydrogen-bond donors (Lipinski definition) is 3. The molecular formula is C26H37N3O8. The van der Waals surface area contributed by atoms with Crippen molar-refractivity contribution in [2.75, 3.05) is 13.1 Å². The Morgan fingerprint density at radius 1 is 1.14 bits per heavy atom. The molecule has 0 radical (unpaired) electrons. The Balaban J connectivity index is 1.97. The summed E-state index contributed by atoms with van der Waals surface area (Å²) in [6.45, 7) is 8.15. The molecule has 0 aliphatic carbocycles. The van der Waals surface area contributed by atoms with Crippen molar-refractivity contribution in [1.29, 1.82) is 0 Å². The molecule has 1 aromatic rings. The number of likely N-dealkylation sites (tertiary alicyclic amines) is 1. The van der Waals surface area contributed by atoms with Crippen LogP contribution in [0.25, 0.3) is 0 Å². The minimum Gasteiger partial charge on any atom is -0.480 e. The molecule has 11 heteroatoms. The maximum atomic E-state index is 12.9. The highest BCUT2D eigenvalue weighted by Gasteiger charge is 2.41. The van der Waals surface area contributed by atoms with Crippen LogP contribution in [0.3, 0.4) is 0 Å². The number of esters is 1. The number of nitrogens with zero attached hydrogens (tertiary/aromatic N) is 1. The molecule has 0 saturated carbocycles. The van der Waals surface area contributed by atoms with E-state index in [9.17, 15) is 29.1 Å². The molecule has 1 saturated heterocycles. The Bertz CT molecular complexity index is 976. The van der Waals surface area contributed by atoms with E-state index >= 15 is 0 Å². The summed E-state index contributed by atoms with van der Waals surface area (Å²) < 4.78 is 10.7. The summed E-state index contributed by atoms with van der Waals surface area (Å²) in [7, 11) is 0. The predicted octanol–water partition coefficient (Wildman–Crippen LogP) is 1.88. The number of amides is 3. The summed E-state index contributed by atoms with van der Waals surface area (Å²) >= 11 is 0. The van der Waals surface area contributed by atoms with Gasteiger partial charge in [0.25, 0.3) is 0 Å². The average Bonchev–Trinajstić information content (AvgIpc) is 3.23. The first kappa shape index (κ1) is 29.6. The van der Waals surface area contributed by atoms with E-state index in [1.807, 2.05) is 13.0 Å². The van der Waals surface area contributed by atoms with Crippen LogP contribution in [0.4, 0.5) is 4.79 Å². The van der Waals surface area contributed by atoms with Crippen molar-refractivity contribution in [3.8, 4) is 0 Å². The second-order valence-electron chi connectivity index (χ2n) is 10.1. The van der Waals surface area contributed by atoms with Gasteiger partial charge in [0, 0.05) is 6.42 Å². The van der Waals surface area contributed by atoms with E-state index in [4.69, 9.17) is 9.47 Å². The van der Waals surface area contributed by atoms with Gasteiger partial charge in [0.05, 0.1) is 19.5 Å². The Labute approximate surface area is 216 Å². The van der Waals surface area contributed by atoms with Crippen LogP contribution in [0, 0.1) is 5.92 Å². The van der Waals surface area contributed by atoms with Crippen LogP contribution < -0.4 is 10.6 Å². The fraction of sp³-hybridized carbons (Fsp3) is 0.577. The van der Waals surface area contributed by atoms with Crippen molar-refractivity contribution in [2.45, 2.75) is 77.7 Å². The number of aliphatic carboxylic acids is 1. The monoisotopic (exact) mass is 519 g/mol. The van der Waals surface area contributed by atoms with Crippen molar-refractivity contribution >= 4 is 29.8 Å². The maximum Gasteiger partial charge on any atom is 0.408 e. The molecule has 1 aliphatic rings. The zero-order chi connectivity index (χ0) is 27.8. The maximum absolute atomic E-state index is 12.9. The van der Waals surface area contributed by atoms with Gasteiger partial charge >= 0.3 is 18.0 Å². The summed E-state index contributed by atoms with van der Waals surface area (Å²) in [5.41, 5.74) is 0.00550. The van der Waals surface area contributed by atoms with Crippen LogP contribution in [0.15, 0.2) is 30.3 Å². The third kappa shape index (κ3) is 9.40. The first-order valence-corrected chi connectivity index (χ1v) is 12.3. The summed E-state index contributed by atoms with van der Waals surface area (Å²) in [4.78, 5) is 63.0. The van der Waals surface area contributed by atoms with Crippen molar-refractivity contribution in [3.63, 3.8) is 0 Å². The first-order valence-electron chi connectivity index (χ1n) is 12.3. The Morgan fingerprint density at radius 3 is 2.35 bits per heavy atom. The lowest BCUT2D eigenvalue weighted by Gasteiger charge is -2.27. The SMILES string of the molecule is CC[C@H](C)[C@H](NC(=O)OC(C)(C)C)C(=O)NCC(=O)N1C[C@H](OC(=O)Cc2ccccc2)C[C@H]1C(=O)O. The van der Waals surface area contributed by atoms with Crippen LogP contribution in [0.2, 0.25) is 0 Å². The Morgan fingerprint density at radius 2 is 1.78 bits per heavy atom. The van der Waals surface area contributed by atoms with Gasteiger partial charge in [-0.25, -0.2) is 9.59 Å². The predicted molar refractivity (Wildman–Crippen MR) is 133 cm³/mol. The number of ether oxygens (including phenoxy) is 2. The lowest BCUT2D eigenvalue weighted by molar-refractivity contribution is -0.148. The molecule has 3 amide bonds. The molecule has 204 valence electrons. The number of carboxylic acids is 1. The lowest BCUT2D eigenvalue weighted by Crippen LogP contribution is -2.53. The normalized spacial score (nSPS) is 18.9. The molecule has 0 spiro atoms. The summed E-state index contributed by atoms with van der Waals surface area (Å²) in [6.07, 6.45) is -0.986. The van der Waals surface area contributed by atoms with E-state index in [-0.39, 0.29) is 25.3 Å². The molecule has 1 aromatic carbocycles. The van der Waals surface area contributed by atoms with E-state index in [2.05, 4.69) is 10.6 Å². The quantitative estimate of drug-likeness (QED) is 0.397. The smallest absolute Gasteiger partial charge is 0.408 e. The van der Waals surface area contributed by atoms with Gasteiger partial charge in [-0.05, 0) is 32.3 Å². The highest BCUT2D eigenvalue weighted by atomic mass is 16.6. The van der Waals surface area contributed by atoms with Crippen molar-refractivity contribution in [2.24, 2.45) is 5.92 Å². The van der Waals surface area contributed by atoms with E-state index in [0.717, 1.165) is 10.5 Å². The number of carbonyl (C=O) groups excluding carboxylic acids is 4. The molecule has 0 unspecified atom stereocenters. The van der Waals surface area contributed by atoms with Gasteiger partial charge in [-0.3, -0.25) is 14.4 Å². The number of benzene rings is 1. The van der Waals surface area contributed by atoms with Gasteiger partial charge in [-0.2, -0.15) is 0 Å². The van der Waals surface area contributed by atoms with Gasteiger partial charge < -0.3 is 30.1 Å². The number of carboxylic acid groups (broad SMARTS) is 1. The minimum absolute atomic E-state index is 0.0285. The van der Waals surface area contributed by atoms with Crippen molar-refractivity contribution in [3.05, 3.63) is 35.9 Å². The van der Waals surface area contributed by atoms with Crippen LogP contribution >= 0.6 is 0 Å². The standard InChI is InChI=1S/C26H37N3O8/c1-6-16(2)22(28-25(35)37-26(3,4)5)23(32)27-14-20(30)29-15-18(13-19(29)24(33)34)36-21(31)12-17-10-8-7-9-11-17/h7-11,16,18-19,22H,6,12-15H2,1-5H3,(H,27,32)(H,28,35)(H,33,34)/t16-,18+,19-,22-/m0/s1. The van der Waals surface area contributed by atoms with Gasteiger partial charge in [-0.1, -0.05) is 50.6 Å². The molecule has 11 nitrogen and oxygen atoms in total. The fourth-order valence-electron chi connectivity index (χ4n) is 3.89. The van der Waals surface area contributed by atoms with Gasteiger partial charge in [-0.15, -0.1) is 0 Å². The van der Waals surface area contributed by atoms with Crippen LogP contribution in [-0.4, -0.2) is 76.7 Å². The van der Waals surface area contributed by atoms with E-state index in [0.29, 0.717) is 6.42 Å². The van der Waals surface area contributed by atoms with Crippen LogP contribution in [0.5, 0.6) is 0 Å². The highest BCUT2D eigenvalue weighted by Crippen LogP contribution is 2.22. The largest absolute Gasteiger partial charge is 0.480 e. The van der Waals surface area contributed by atoms with E-state index in [1.165, 1.54) is 0 Å².